The highest BCUT2D eigenvalue weighted by Crippen LogP contribution is 2.11. The van der Waals surface area contributed by atoms with Crippen LogP contribution < -0.4 is 10.6 Å². The minimum Gasteiger partial charge on any atom is -0.353 e. The minimum atomic E-state index is -0.149. The second kappa shape index (κ2) is 6.99. The van der Waals surface area contributed by atoms with Crippen LogP contribution in [0.4, 0.5) is 5.13 Å². The van der Waals surface area contributed by atoms with E-state index in [1.807, 2.05) is 0 Å². The monoisotopic (exact) mass is 296 g/mol. The van der Waals surface area contributed by atoms with Gasteiger partial charge in [0.1, 0.15) is 0 Å². The third-order valence-electron chi connectivity index (χ3n) is 2.86. The molecule has 2 rings (SSSR count). The quantitative estimate of drug-likeness (QED) is 0.812. The molecule has 0 radical (unpaired) electrons. The van der Waals surface area contributed by atoms with E-state index in [2.05, 4.69) is 15.6 Å². The average molecular weight is 296 g/mol. The van der Waals surface area contributed by atoms with E-state index >= 15 is 0 Å². The molecule has 0 aromatic carbocycles. The molecule has 0 unspecified atom stereocenters. The minimum absolute atomic E-state index is 0.0816. The van der Waals surface area contributed by atoms with Crippen molar-refractivity contribution in [1.29, 1.82) is 0 Å². The molecular formula is C12H16N4O3S. The molecule has 1 aromatic rings. The van der Waals surface area contributed by atoms with Crippen LogP contribution in [0, 0.1) is 0 Å². The summed E-state index contributed by atoms with van der Waals surface area (Å²) in [4.78, 5) is 40.1. The largest absolute Gasteiger partial charge is 0.353 e. The van der Waals surface area contributed by atoms with Crippen LogP contribution in [-0.2, 0) is 14.4 Å². The second-order valence-electron chi connectivity index (χ2n) is 4.40. The first-order valence-corrected chi connectivity index (χ1v) is 7.27. The zero-order valence-electron chi connectivity index (χ0n) is 10.9. The molecule has 2 heterocycles. The fourth-order valence-corrected chi connectivity index (χ4v) is 2.42. The van der Waals surface area contributed by atoms with Crippen LogP contribution >= 0.6 is 11.3 Å². The van der Waals surface area contributed by atoms with Gasteiger partial charge in [-0.2, -0.15) is 0 Å². The first-order chi connectivity index (χ1) is 9.65. The number of anilines is 1. The van der Waals surface area contributed by atoms with Crippen molar-refractivity contribution in [3.05, 3.63) is 11.6 Å². The summed E-state index contributed by atoms with van der Waals surface area (Å²) in [5.74, 6) is -0.364. The van der Waals surface area contributed by atoms with Crippen LogP contribution in [0.2, 0.25) is 0 Å². The molecule has 0 saturated carbocycles. The van der Waals surface area contributed by atoms with Crippen LogP contribution in [0.5, 0.6) is 0 Å². The van der Waals surface area contributed by atoms with Crippen LogP contribution in [0.25, 0.3) is 0 Å². The Kier molecular flexibility index (Phi) is 5.05. The maximum atomic E-state index is 11.8. The van der Waals surface area contributed by atoms with Crippen molar-refractivity contribution in [1.82, 2.24) is 15.2 Å². The lowest BCUT2D eigenvalue weighted by Crippen LogP contribution is -2.49. The van der Waals surface area contributed by atoms with Crippen molar-refractivity contribution < 1.29 is 14.4 Å². The van der Waals surface area contributed by atoms with Crippen molar-refractivity contribution in [3.8, 4) is 0 Å². The van der Waals surface area contributed by atoms with E-state index in [4.69, 9.17) is 0 Å². The van der Waals surface area contributed by atoms with E-state index in [1.54, 1.807) is 11.6 Å². The fourth-order valence-electron chi connectivity index (χ4n) is 1.88. The third-order valence-corrected chi connectivity index (χ3v) is 3.55. The number of carbonyl (C=O) groups is 3. The Labute approximate surface area is 120 Å². The number of aromatic nitrogens is 1. The topological polar surface area (TPSA) is 91.4 Å². The number of hydrogen-bond donors (Lipinski definition) is 2. The normalized spacial score (nSPS) is 14.8. The van der Waals surface area contributed by atoms with Gasteiger partial charge in [-0.1, -0.05) is 0 Å². The van der Waals surface area contributed by atoms with E-state index < -0.39 is 0 Å². The Balaban J connectivity index is 1.66. The van der Waals surface area contributed by atoms with Crippen LogP contribution in [0.15, 0.2) is 11.6 Å². The van der Waals surface area contributed by atoms with Crippen LogP contribution in [-0.4, -0.2) is 47.2 Å². The summed E-state index contributed by atoms with van der Waals surface area (Å²) in [6, 6.07) is 0. The van der Waals surface area contributed by atoms with E-state index in [9.17, 15) is 14.4 Å². The standard InChI is InChI=1S/C12H16N4O3S/c17-9(15-12-14-5-7-20-12)2-1-3-11(19)16-6-4-13-10(18)8-16/h5,7H,1-4,6,8H2,(H,13,18)(H,14,15,17). The molecule has 7 nitrogen and oxygen atoms in total. The van der Waals surface area contributed by atoms with E-state index in [1.165, 1.54) is 16.2 Å². The molecule has 20 heavy (non-hydrogen) atoms. The lowest BCUT2D eigenvalue weighted by molar-refractivity contribution is -0.138. The zero-order chi connectivity index (χ0) is 14.4. The summed E-state index contributed by atoms with van der Waals surface area (Å²) in [7, 11) is 0. The zero-order valence-corrected chi connectivity index (χ0v) is 11.7. The maximum Gasteiger partial charge on any atom is 0.239 e. The molecule has 0 aliphatic carbocycles. The molecule has 1 aromatic heterocycles. The number of amides is 3. The van der Waals surface area contributed by atoms with Crippen molar-refractivity contribution in [2.24, 2.45) is 0 Å². The highest BCUT2D eigenvalue weighted by Gasteiger charge is 2.20. The summed E-state index contributed by atoms with van der Waals surface area (Å²) in [5.41, 5.74) is 0. The SMILES string of the molecule is O=C1CN(C(=O)CCCC(=O)Nc2nccs2)CCN1. The van der Waals surface area contributed by atoms with Gasteiger partial charge in [-0.25, -0.2) is 4.98 Å². The van der Waals surface area contributed by atoms with E-state index in [-0.39, 0.29) is 37.1 Å². The number of thiazole rings is 1. The molecule has 1 aliphatic rings. The Bertz CT molecular complexity index is 489. The predicted molar refractivity (Wildman–Crippen MR) is 74.2 cm³/mol. The van der Waals surface area contributed by atoms with Gasteiger partial charge in [0.2, 0.25) is 17.7 Å². The lowest BCUT2D eigenvalue weighted by Gasteiger charge is -2.26. The maximum absolute atomic E-state index is 11.8. The molecule has 2 N–H and O–H groups in total. The number of nitrogens with one attached hydrogen (secondary N) is 2. The lowest BCUT2D eigenvalue weighted by atomic mass is 10.2. The number of rotatable bonds is 5. The molecule has 3 amide bonds. The molecule has 0 atom stereocenters. The fraction of sp³-hybridized carbons (Fsp3) is 0.500. The molecule has 1 saturated heterocycles. The number of hydrogen-bond acceptors (Lipinski definition) is 5. The van der Waals surface area contributed by atoms with Gasteiger partial charge in [0, 0.05) is 37.5 Å². The van der Waals surface area contributed by atoms with Gasteiger partial charge in [-0.3, -0.25) is 14.4 Å². The summed E-state index contributed by atoms with van der Waals surface area (Å²) in [6.07, 6.45) is 2.63. The molecule has 8 heteroatoms. The van der Waals surface area contributed by atoms with Gasteiger partial charge in [0.15, 0.2) is 5.13 Å². The highest BCUT2D eigenvalue weighted by molar-refractivity contribution is 7.13. The molecule has 0 bridgehead atoms. The molecular weight excluding hydrogens is 280 g/mol. The first kappa shape index (κ1) is 14.4. The number of nitrogens with zero attached hydrogens (tertiary/aromatic N) is 2. The number of piperazine rings is 1. The highest BCUT2D eigenvalue weighted by atomic mass is 32.1. The molecule has 1 aliphatic heterocycles. The predicted octanol–water partition coefficient (Wildman–Crippen LogP) is 0.210. The van der Waals surface area contributed by atoms with Gasteiger partial charge >= 0.3 is 0 Å². The average Bonchev–Trinajstić information content (AvgIpc) is 2.91. The summed E-state index contributed by atoms with van der Waals surface area (Å²) < 4.78 is 0. The Morgan fingerprint density at radius 1 is 1.45 bits per heavy atom. The van der Waals surface area contributed by atoms with Gasteiger partial charge in [0.25, 0.3) is 0 Å². The van der Waals surface area contributed by atoms with Crippen molar-refractivity contribution >= 4 is 34.2 Å². The summed E-state index contributed by atoms with van der Waals surface area (Å²) in [5, 5.41) is 7.67. The van der Waals surface area contributed by atoms with Gasteiger partial charge < -0.3 is 15.5 Å². The van der Waals surface area contributed by atoms with Gasteiger partial charge in [-0.15, -0.1) is 11.3 Å². The van der Waals surface area contributed by atoms with E-state index in [0.717, 1.165) is 0 Å². The third kappa shape index (κ3) is 4.30. The number of carbonyl (C=O) groups excluding carboxylic acids is 3. The Morgan fingerprint density at radius 2 is 2.30 bits per heavy atom. The molecule has 0 spiro atoms. The molecule has 1 fully saturated rings. The van der Waals surface area contributed by atoms with Crippen LogP contribution in [0.1, 0.15) is 19.3 Å². The van der Waals surface area contributed by atoms with E-state index in [0.29, 0.717) is 24.6 Å². The van der Waals surface area contributed by atoms with Gasteiger partial charge in [-0.05, 0) is 6.42 Å². The smallest absolute Gasteiger partial charge is 0.239 e. The summed E-state index contributed by atoms with van der Waals surface area (Å²) >= 11 is 1.35. The van der Waals surface area contributed by atoms with Crippen molar-refractivity contribution in [3.63, 3.8) is 0 Å². The van der Waals surface area contributed by atoms with Crippen molar-refractivity contribution in [2.75, 3.05) is 25.0 Å². The first-order valence-electron chi connectivity index (χ1n) is 6.39. The summed E-state index contributed by atoms with van der Waals surface area (Å²) in [6.45, 7) is 1.15. The Morgan fingerprint density at radius 3 is 3.00 bits per heavy atom. The van der Waals surface area contributed by atoms with Gasteiger partial charge in [0.05, 0.1) is 6.54 Å². The van der Waals surface area contributed by atoms with Crippen LogP contribution in [0.3, 0.4) is 0 Å². The van der Waals surface area contributed by atoms with Crippen molar-refractivity contribution in [2.45, 2.75) is 19.3 Å². The Hall–Kier alpha value is -1.96. The second-order valence-corrected chi connectivity index (χ2v) is 5.30. The molecule has 108 valence electrons.